The number of primary amides is 1. The number of anilines is 3. The largest absolute Gasteiger partial charge is 0.395 e. The number of carbonyl (C=O) groups excluding carboxylic acids is 3. The quantitative estimate of drug-likeness (QED) is 0.346. The Bertz CT molecular complexity index is 1270. The van der Waals surface area contributed by atoms with Crippen LogP contribution in [0.1, 0.15) is 42.9 Å². The van der Waals surface area contributed by atoms with Crippen LogP contribution in [0.5, 0.6) is 0 Å². The van der Waals surface area contributed by atoms with E-state index in [9.17, 15) is 14.4 Å². The second-order valence-corrected chi connectivity index (χ2v) is 9.61. The number of amides is 3. The maximum Gasteiger partial charge on any atom is 0.273 e. The van der Waals surface area contributed by atoms with Gasteiger partial charge in [-0.3, -0.25) is 19.3 Å². The fourth-order valence-electron chi connectivity index (χ4n) is 3.96. The van der Waals surface area contributed by atoms with Crippen molar-refractivity contribution < 1.29 is 19.1 Å². The van der Waals surface area contributed by atoms with Crippen molar-refractivity contribution >= 4 is 46.3 Å². The number of aromatic nitrogens is 1. The van der Waals surface area contributed by atoms with Gasteiger partial charge in [0, 0.05) is 39.1 Å². The van der Waals surface area contributed by atoms with Crippen LogP contribution >= 0.6 is 11.5 Å². The zero-order chi connectivity index (χ0) is 27.3. The summed E-state index contributed by atoms with van der Waals surface area (Å²) in [5, 5.41) is 2.86. The Balaban J connectivity index is 2.22. The standard InChI is InChI=1S/C26H32N6O4S/c1-15-12-16(2)14-19(13-15)32(26(35)23-20(27)21(24(28)33)30-37-23)22(25(34)29-10-11-36-5)17-6-8-18(9-7-17)31(3)4/h6-9,12-14,22H,10-11,27H2,1-5H3,(H2,28,33)(H,29,34). The number of carbonyl (C=O) groups is 3. The summed E-state index contributed by atoms with van der Waals surface area (Å²) in [4.78, 5) is 42.9. The molecule has 37 heavy (non-hydrogen) atoms. The number of aryl methyl sites for hydroxylation is 2. The van der Waals surface area contributed by atoms with E-state index in [0.717, 1.165) is 28.3 Å². The maximum absolute atomic E-state index is 14.1. The van der Waals surface area contributed by atoms with Crippen LogP contribution in [-0.2, 0) is 9.53 Å². The Hall–Kier alpha value is -3.96. The predicted octanol–water partition coefficient (Wildman–Crippen LogP) is 2.66. The lowest BCUT2D eigenvalue weighted by molar-refractivity contribution is -0.122. The lowest BCUT2D eigenvalue weighted by atomic mass is 10.0. The monoisotopic (exact) mass is 524 g/mol. The molecular formula is C26H32N6O4S. The van der Waals surface area contributed by atoms with Gasteiger partial charge in [-0.2, -0.15) is 4.37 Å². The van der Waals surface area contributed by atoms with Crippen molar-refractivity contribution in [3.8, 4) is 0 Å². The van der Waals surface area contributed by atoms with E-state index in [4.69, 9.17) is 16.2 Å². The summed E-state index contributed by atoms with van der Waals surface area (Å²) in [7, 11) is 5.37. The molecule has 3 aromatic rings. The molecule has 5 N–H and O–H groups in total. The molecular weight excluding hydrogens is 492 g/mol. The van der Waals surface area contributed by atoms with Crippen molar-refractivity contribution in [1.82, 2.24) is 9.69 Å². The van der Waals surface area contributed by atoms with Crippen LogP contribution in [0.4, 0.5) is 17.1 Å². The van der Waals surface area contributed by atoms with E-state index in [1.54, 1.807) is 0 Å². The number of hydrogen-bond donors (Lipinski definition) is 3. The number of hydrogen-bond acceptors (Lipinski definition) is 8. The minimum Gasteiger partial charge on any atom is -0.395 e. The van der Waals surface area contributed by atoms with Crippen LogP contribution < -0.4 is 26.6 Å². The summed E-state index contributed by atoms with van der Waals surface area (Å²) in [5.41, 5.74) is 15.1. The van der Waals surface area contributed by atoms with E-state index < -0.39 is 23.8 Å². The molecule has 1 unspecified atom stereocenters. The van der Waals surface area contributed by atoms with Gasteiger partial charge in [0.25, 0.3) is 11.8 Å². The summed E-state index contributed by atoms with van der Waals surface area (Å²) in [6.07, 6.45) is 0. The van der Waals surface area contributed by atoms with Crippen molar-refractivity contribution in [1.29, 1.82) is 0 Å². The summed E-state index contributed by atoms with van der Waals surface area (Å²) < 4.78 is 9.07. The minimum absolute atomic E-state index is 0.0209. The first kappa shape index (κ1) is 27.6. The van der Waals surface area contributed by atoms with E-state index >= 15 is 0 Å². The molecule has 0 saturated heterocycles. The molecule has 10 nitrogen and oxygen atoms in total. The van der Waals surface area contributed by atoms with Gasteiger partial charge < -0.3 is 26.4 Å². The van der Waals surface area contributed by atoms with E-state index in [0.29, 0.717) is 17.9 Å². The van der Waals surface area contributed by atoms with Crippen LogP contribution in [0.15, 0.2) is 42.5 Å². The van der Waals surface area contributed by atoms with Crippen molar-refractivity contribution in [2.24, 2.45) is 5.73 Å². The maximum atomic E-state index is 14.1. The molecule has 0 radical (unpaired) electrons. The molecule has 1 heterocycles. The molecule has 0 aliphatic heterocycles. The van der Waals surface area contributed by atoms with Crippen LogP contribution in [0.25, 0.3) is 0 Å². The van der Waals surface area contributed by atoms with Gasteiger partial charge in [0.05, 0.1) is 12.3 Å². The number of rotatable bonds is 10. The molecule has 0 fully saturated rings. The van der Waals surface area contributed by atoms with Crippen LogP contribution in [0.2, 0.25) is 0 Å². The van der Waals surface area contributed by atoms with Gasteiger partial charge in [0.1, 0.15) is 10.9 Å². The lowest BCUT2D eigenvalue weighted by Crippen LogP contribution is -2.44. The second kappa shape index (κ2) is 11.8. The van der Waals surface area contributed by atoms with Crippen molar-refractivity contribution in [3.05, 3.63) is 69.7 Å². The molecule has 1 aromatic heterocycles. The molecule has 3 rings (SSSR count). The summed E-state index contributed by atoms with van der Waals surface area (Å²) in [6, 6.07) is 11.9. The number of nitrogens with two attached hydrogens (primary N) is 2. The molecule has 0 spiro atoms. The smallest absolute Gasteiger partial charge is 0.273 e. The average Bonchev–Trinajstić information content (AvgIpc) is 3.23. The number of nitrogens with zero attached hydrogens (tertiary/aromatic N) is 3. The normalized spacial score (nSPS) is 11.6. The van der Waals surface area contributed by atoms with Gasteiger partial charge in [-0.15, -0.1) is 0 Å². The Morgan fingerprint density at radius 2 is 1.68 bits per heavy atom. The van der Waals surface area contributed by atoms with Gasteiger partial charge in [0.2, 0.25) is 5.91 Å². The number of nitrogens with one attached hydrogen (secondary N) is 1. The molecule has 0 saturated carbocycles. The first-order valence-corrected chi connectivity index (χ1v) is 12.3. The fourth-order valence-corrected chi connectivity index (χ4v) is 4.70. The second-order valence-electron chi connectivity index (χ2n) is 8.83. The van der Waals surface area contributed by atoms with Crippen molar-refractivity contribution in [2.45, 2.75) is 19.9 Å². The van der Waals surface area contributed by atoms with Crippen LogP contribution in [0, 0.1) is 13.8 Å². The highest BCUT2D eigenvalue weighted by molar-refractivity contribution is 7.09. The minimum atomic E-state index is -1.06. The molecule has 196 valence electrons. The summed E-state index contributed by atoms with van der Waals surface area (Å²) in [5.74, 6) is -1.81. The van der Waals surface area contributed by atoms with Gasteiger partial charge in [-0.25, -0.2) is 0 Å². The first-order valence-electron chi connectivity index (χ1n) is 11.6. The van der Waals surface area contributed by atoms with E-state index in [2.05, 4.69) is 9.69 Å². The highest BCUT2D eigenvalue weighted by Gasteiger charge is 2.36. The molecule has 0 aliphatic rings. The molecule has 1 atom stereocenters. The van der Waals surface area contributed by atoms with Gasteiger partial charge >= 0.3 is 0 Å². The Morgan fingerprint density at radius 3 is 2.19 bits per heavy atom. The molecule has 11 heteroatoms. The molecule has 0 bridgehead atoms. The van der Waals surface area contributed by atoms with E-state index in [-0.39, 0.29) is 22.8 Å². The Kier molecular flexibility index (Phi) is 8.85. The topological polar surface area (TPSA) is 144 Å². The van der Waals surface area contributed by atoms with Crippen molar-refractivity contribution in [2.75, 3.05) is 49.9 Å². The van der Waals surface area contributed by atoms with Crippen LogP contribution in [-0.4, -0.2) is 56.5 Å². The third-order valence-electron chi connectivity index (χ3n) is 5.70. The SMILES string of the molecule is COCCNC(=O)C(c1ccc(N(C)C)cc1)N(C(=O)c1snc(C(N)=O)c1N)c1cc(C)cc(C)c1. The number of methoxy groups -OCH3 is 1. The molecule has 2 aromatic carbocycles. The summed E-state index contributed by atoms with van der Waals surface area (Å²) in [6.45, 7) is 4.38. The highest BCUT2D eigenvalue weighted by Crippen LogP contribution is 2.34. The summed E-state index contributed by atoms with van der Waals surface area (Å²) >= 11 is 0.771. The van der Waals surface area contributed by atoms with E-state index in [1.807, 2.05) is 75.3 Å². The average molecular weight is 525 g/mol. The molecule has 3 amide bonds. The predicted molar refractivity (Wildman–Crippen MR) is 146 cm³/mol. The Morgan fingerprint density at radius 1 is 1.05 bits per heavy atom. The Labute approximate surface area is 220 Å². The van der Waals surface area contributed by atoms with Gasteiger partial charge in [0.15, 0.2) is 5.69 Å². The first-order chi connectivity index (χ1) is 17.5. The third kappa shape index (κ3) is 6.25. The van der Waals surface area contributed by atoms with Gasteiger partial charge in [-0.1, -0.05) is 18.2 Å². The zero-order valence-electron chi connectivity index (χ0n) is 21.6. The lowest BCUT2D eigenvalue weighted by Gasteiger charge is -2.32. The van der Waals surface area contributed by atoms with Crippen molar-refractivity contribution in [3.63, 3.8) is 0 Å². The molecule has 0 aliphatic carbocycles. The zero-order valence-corrected chi connectivity index (χ0v) is 22.4. The highest BCUT2D eigenvalue weighted by atomic mass is 32.1. The number of benzene rings is 2. The number of nitrogen functional groups attached to an aromatic ring is 1. The van der Waals surface area contributed by atoms with Crippen LogP contribution in [0.3, 0.4) is 0 Å². The van der Waals surface area contributed by atoms with Gasteiger partial charge in [-0.05, 0) is 66.3 Å². The number of ether oxygens (including phenoxy) is 1. The third-order valence-corrected chi connectivity index (χ3v) is 6.55. The van der Waals surface area contributed by atoms with E-state index in [1.165, 1.54) is 12.0 Å². The fraction of sp³-hybridized carbons (Fsp3) is 0.308.